The lowest BCUT2D eigenvalue weighted by atomic mass is 10.1. The molecule has 0 radical (unpaired) electrons. The second-order valence-electron chi connectivity index (χ2n) is 5.12. The first-order valence-corrected chi connectivity index (χ1v) is 8.71. The van der Waals surface area contributed by atoms with E-state index < -0.39 is 0 Å². The Hall–Kier alpha value is -2.30. The van der Waals surface area contributed by atoms with Gasteiger partial charge >= 0.3 is 0 Å². The van der Waals surface area contributed by atoms with E-state index >= 15 is 0 Å². The van der Waals surface area contributed by atoms with Crippen LogP contribution in [0.5, 0.6) is 0 Å². The van der Waals surface area contributed by atoms with Crippen molar-refractivity contribution in [2.45, 2.75) is 10.8 Å². The quantitative estimate of drug-likeness (QED) is 0.616. The molecular weight excluding hydrogens is 340 g/mol. The fourth-order valence-electron chi connectivity index (χ4n) is 2.20. The maximum absolute atomic E-state index is 12.6. The van der Waals surface area contributed by atoms with Gasteiger partial charge < -0.3 is 0 Å². The van der Waals surface area contributed by atoms with Crippen molar-refractivity contribution >= 4 is 29.4 Å². The number of thioether (sulfide) groups is 1. The summed E-state index contributed by atoms with van der Waals surface area (Å²) in [6, 6.07) is 15.2. The topological polar surface area (TPSA) is 34.9 Å². The number of benzene rings is 2. The monoisotopic (exact) mass is 354 g/mol. The molecule has 0 amide bonds. The standard InChI is InChI=1S/C19H15ClN2OS/c1-2-14-3-5-15(6-4-14)13-24-18-19(23)22(12-11-21-18)17-9-7-16(20)8-10-17/h2-12H,1,13H2. The van der Waals surface area contributed by atoms with Crippen LogP contribution in [0.25, 0.3) is 11.8 Å². The van der Waals surface area contributed by atoms with Gasteiger partial charge in [-0.2, -0.15) is 0 Å². The zero-order valence-corrected chi connectivity index (χ0v) is 14.4. The van der Waals surface area contributed by atoms with Crippen molar-refractivity contribution in [1.82, 2.24) is 9.55 Å². The molecule has 0 aliphatic carbocycles. The van der Waals surface area contributed by atoms with E-state index in [1.807, 2.05) is 36.4 Å². The number of hydrogen-bond acceptors (Lipinski definition) is 3. The summed E-state index contributed by atoms with van der Waals surface area (Å²) >= 11 is 7.33. The summed E-state index contributed by atoms with van der Waals surface area (Å²) in [6.45, 7) is 3.74. The van der Waals surface area contributed by atoms with Gasteiger partial charge in [0.1, 0.15) is 0 Å². The molecule has 0 unspecified atom stereocenters. The van der Waals surface area contributed by atoms with Crippen LogP contribution in [-0.2, 0) is 5.75 Å². The van der Waals surface area contributed by atoms with Crippen molar-refractivity contribution in [1.29, 1.82) is 0 Å². The van der Waals surface area contributed by atoms with Gasteiger partial charge in [-0.1, -0.05) is 60.3 Å². The normalized spacial score (nSPS) is 10.5. The van der Waals surface area contributed by atoms with Crippen LogP contribution >= 0.6 is 23.4 Å². The van der Waals surface area contributed by atoms with Crippen LogP contribution in [0.15, 0.2) is 77.3 Å². The van der Waals surface area contributed by atoms with E-state index in [9.17, 15) is 4.79 Å². The maximum atomic E-state index is 12.6. The van der Waals surface area contributed by atoms with E-state index in [0.717, 1.165) is 16.8 Å². The van der Waals surface area contributed by atoms with E-state index in [4.69, 9.17) is 11.6 Å². The fourth-order valence-corrected chi connectivity index (χ4v) is 3.18. The Bertz CT molecular complexity index is 902. The average molecular weight is 355 g/mol. The molecule has 24 heavy (non-hydrogen) atoms. The van der Waals surface area contributed by atoms with E-state index in [-0.39, 0.29) is 5.56 Å². The van der Waals surface area contributed by atoms with Crippen LogP contribution in [0.2, 0.25) is 5.02 Å². The van der Waals surface area contributed by atoms with Gasteiger partial charge in [0.25, 0.3) is 5.56 Å². The summed E-state index contributed by atoms with van der Waals surface area (Å²) < 4.78 is 1.58. The second-order valence-corrected chi connectivity index (χ2v) is 6.52. The molecule has 120 valence electrons. The van der Waals surface area contributed by atoms with Crippen LogP contribution in [-0.4, -0.2) is 9.55 Å². The molecule has 0 aliphatic rings. The maximum Gasteiger partial charge on any atom is 0.287 e. The highest BCUT2D eigenvalue weighted by atomic mass is 35.5. The summed E-state index contributed by atoms with van der Waals surface area (Å²) in [5.74, 6) is 0.685. The second kappa shape index (κ2) is 7.51. The van der Waals surface area contributed by atoms with Crippen molar-refractivity contribution in [2.75, 3.05) is 0 Å². The van der Waals surface area contributed by atoms with Crippen molar-refractivity contribution in [3.8, 4) is 5.69 Å². The smallest absolute Gasteiger partial charge is 0.280 e. The Kier molecular flexibility index (Phi) is 5.18. The predicted molar refractivity (Wildman–Crippen MR) is 101 cm³/mol. The first kappa shape index (κ1) is 16.6. The molecule has 1 aromatic heterocycles. The molecule has 3 nitrogen and oxygen atoms in total. The molecule has 3 aromatic rings. The number of halogens is 1. The Balaban J connectivity index is 1.81. The highest BCUT2D eigenvalue weighted by Crippen LogP contribution is 2.19. The summed E-state index contributed by atoms with van der Waals surface area (Å²) in [7, 11) is 0. The molecule has 0 atom stereocenters. The van der Waals surface area contributed by atoms with Gasteiger partial charge in [-0.15, -0.1) is 0 Å². The molecule has 0 N–H and O–H groups in total. The van der Waals surface area contributed by atoms with Gasteiger partial charge in [0.2, 0.25) is 0 Å². The minimum Gasteiger partial charge on any atom is -0.280 e. The summed E-state index contributed by atoms with van der Waals surface area (Å²) in [6.07, 6.45) is 5.11. The fraction of sp³-hybridized carbons (Fsp3) is 0.0526. The van der Waals surface area contributed by atoms with Gasteiger partial charge in [0, 0.05) is 28.9 Å². The number of hydrogen-bond donors (Lipinski definition) is 0. The average Bonchev–Trinajstić information content (AvgIpc) is 2.62. The molecule has 0 spiro atoms. The summed E-state index contributed by atoms with van der Waals surface area (Å²) in [4.78, 5) is 16.8. The zero-order chi connectivity index (χ0) is 16.9. The van der Waals surface area contributed by atoms with Gasteiger partial charge in [0.05, 0.1) is 0 Å². The lowest BCUT2D eigenvalue weighted by Gasteiger charge is -2.07. The van der Waals surface area contributed by atoms with E-state index in [2.05, 4.69) is 11.6 Å². The summed E-state index contributed by atoms with van der Waals surface area (Å²) in [5.41, 5.74) is 2.84. The molecule has 5 heteroatoms. The first-order valence-electron chi connectivity index (χ1n) is 7.35. The van der Waals surface area contributed by atoms with Crippen LogP contribution in [0.4, 0.5) is 0 Å². The van der Waals surface area contributed by atoms with Crippen molar-refractivity contribution in [2.24, 2.45) is 0 Å². The van der Waals surface area contributed by atoms with Crippen LogP contribution in [0.3, 0.4) is 0 Å². The number of nitrogens with zero attached hydrogens (tertiary/aromatic N) is 2. The van der Waals surface area contributed by atoms with Crippen molar-refractivity contribution in [3.05, 3.63) is 94.0 Å². The Morgan fingerprint density at radius 2 is 1.83 bits per heavy atom. The molecule has 2 aromatic carbocycles. The van der Waals surface area contributed by atoms with Crippen LogP contribution < -0.4 is 5.56 Å². The largest absolute Gasteiger partial charge is 0.287 e. The Labute approximate surface area is 149 Å². The van der Waals surface area contributed by atoms with Gasteiger partial charge in [0.15, 0.2) is 5.03 Å². The van der Waals surface area contributed by atoms with Crippen molar-refractivity contribution < 1.29 is 0 Å². The highest BCUT2D eigenvalue weighted by molar-refractivity contribution is 7.98. The van der Waals surface area contributed by atoms with Gasteiger partial charge in [-0.05, 0) is 35.4 Å². The molecule has 1 heterocycles. The van der Waals surface area contributed by atoms with Gasteiger partial charge in [-0.25, -0.2) is 4.98 Å². The minimum absolute atomic E-state index is 0.132. The third kappa shape index (κ3) is 3.78. The van der Waals surface area contributed by atoms with Gasteiger partial charge in [-0.3, -0.25) is 9.36 Å². The third-order valence-corrected chi connectivity index (χ3v) is 4.79. The van der Waals surface area contributed by atoms with Crippen molar-refractivity contribution in [3.63, 3.8) is 0 Å². The highest BCUT2D eigenvalue weighted by Gasteiger charge is 2.07. The molecular formula is C19H15ClN2OS. The summed E-state index contributed by atoms with van der Waals surface area (Å²) in [5, 5.41) is 1.11. The van der Waals surface area contributed by atoms with E-state index in [1.165, 1.54) is 11.8 Å². The Morgan fingerprint density at radius 3 is 2.50 bits per heavy atom. The lowest BCUT2D eigenvalue weighted by Crippen LogP contribution is -2.20. The molecule has 0 aliphatic heterocycles. The third-order valence-electron chi connectivity index (χ3n) is 3.51. The number of aromatic nitrogens is 2. The van der Waals surface area contributed by atoms with E-state index in [1.54, 1.807) is 35.2 Å². The molecule has 0 saturated heterocycles. The molecule has 0 fully saturated rings. The lowest BCUT2D eigenvalue weighted by molar-refractivity contribution is 0.882. The SMILES string of the molecule is C=Cc1ccc(CSc2nccn(-c3ccc(Cl)cc3)c2=O)cc1. The number of rotatable bonds is 5. The predicted octanol–water partition coefficient (Wildman–Crippen LogP) is 4.82. The molecule has 3 rings (SSSR count). The molecule has 0 bridgehead atoms. The van der Waals surface area contributed by atoms with Crippen LogP contribution in [0, 0.1) is 0 Å². The first-order chi connectivity index (χ1) is 11.7. The molecule has 0 saturated carbocycles. The zero-order valence-electron chi connectivity index (χ0n) is 12.9. The minimum atomic E-state index is -0.132. The Morgan fingerprint density at radius 1 is 1.12 bits per heavy atom. The van der Waals surface area contributed by atoms with E-state index in [0.29, 0.717) is 15.8 Å². The van der Waals surface area contributed by atoms with Crippen LogP contribution in [0.1, 0.15) is 11.1 Å².